The molecule has 0 fully saturated rings. The fourth-order valence-electron chi connectivity index (χ4n) is 2.98. The molecular weight excluding hydrogens is 422 g/mol. The Bertz CT molecular complexity index is 1120. The Morgan fingerprint density at radius 1 is 1.26 bits per heavy atom. The third kappa shape index (κ3) is 5.04. The molecule has 2 heterocycles. The van der Waals surface area contributed by atoms with E-state index in [9.17, 15) is 24.5 Å². The molecule has 0 atom stereocenters. The minimum Gasteiger partial charge on any atom is -0.462 e. The minimum absolute atomic E-state index is 0.0649. The number of rotatable bonds is 9. The number of amides is 1. The van der Waals surface area contributed by atoms with Crippen molar-refractivity contribution in [2.24, 2.45) is 0 Å². The van der Waals surface area contributed by atoms with E-state index in [0.717, 1.165) is 0 Å². The Labute approximate surface area is 181 Å². The monoisotopic (exact) mass is 441 g/mol. The molecule has 0 spiro atoms. The van der Waals surface area contributed by atoms with Crippen LogP contribution in [0.5, 0.6) is 0 Å². The first-order valence-corrected chi connectivity index (χ1v) is 10.3. The predicted molar refractivity (Wildman–Crippen MR) is 115 cm³/mol. The van der Waals surface area contributed by atoms with E-state index < -0.39 is 10.9 Å². The maximum absolute atomic E-state index is 12.6. The number of thiophene rings is 1. The molecule has 160 valence electrons. The molecule has 3 rings (SSSR count). The zero-order chi connectivity index (χ0) is 22.4. The van der Waals surface area contributed by atoms with Gasteiger partial charge in [0.25, 0.3) is 5.69 Å². The third-order valence-corrected chi connectivity index (χ3v) is 5.37. The van der Waals surface area contributed by atoms with Gasteiger partial charge in [-0.1, -0.05) is 0 Å². The number of aryl methyl sites for hydroxylation is 1. The Morgan fingerprint density at radius 3 is 2.65 bits per heavy atom. The molecule has 0 aliphatic rings. The second kappa shape index (κ2) is 9.81. The zero-order valence-corrected chi connectivity index (χ0v) is 17.4. The lowest BCUT2D eigenvalue weighted by Crippen LogP contribution is -2.16. The van der Waals surface area contributed by atoms with Crippen LogP contribution in [0.4, 0.5) is 10.7 Å². The lowest BCUT2D eigenvalue weighted by Gasteiger charge is -2.09. The van der Waals surface area contributed by atoms with Crippen LogP contribution in [0.1, 0.15) is 34.2 Å². The quantitative estimate of drug-likeness (QED) is 0.231. The zero-order valence-electron chi connectivity index (χ0n) is 16.6. The highest BCUT2D eigenvalue weighted by Gasteiger charge is 2.23. The van der Waals surface area contributed by atoms with Crippen LogP contribution in [-0.2, 0) is 16.1 Å². The molecular formula is C21H19N3O6S. The molecule has 3 aromatic rings. The largest absolute Gasteiger partial charge is 0.462 e. The lowest BCUT2D eigenvalue weighted by atomic mass is 10.0. The summed E-state index contributed by atoms with van der Waals surface area (Å²) in [6.45, 7) is 2.14. The number of non-ortho nitro benzene ring substituents is 1. The lowest BCUT2D eigenvalue weighted by molar-refractivity contribution is -0.384. The SMILES string of the molecule is CCOC(=O)c1c(-c2ccc([N+](=O)[O-])cc2)csc1NC(=O)CCn1cccc1C=O. The first kappa shape index (κ1) is 21.9. The number of aromatic nitrogens is 1. The first-order chi connectivity index (χ1) is 14.9. The number of carbonyl (C=O) groups is 3. The van der Waals surface area contributed by atoms with Crippen LogP contribution in [0.25, 0.3) is 11.1 Å². The van der Waals surface area contributed by atoms with E-state index in [1.165, 1.54) is 23.5 Å². The van der Waals surface area contributed by atoms with E-state index >= 15 is 0 Å². The number of aldehydes is 1. The minimum atomic E-state index is -0.596. The normalized spacial score (nSPS) is 10.5. The molecule has 1 amide bonds. The van der Waals surface area contributed by atoms with Crippen LogP contribution in [-0.4, -0.2) is 34.3 Å². The molecule has 1 N–H and O–H groups in total. The number of esters is 1. The Kier molecular flexibility index (Phi) is 6.93. The van der Waals surface area contributed by atoms with Gasteiger partial charge in [0.2, 0.25) is 5.91 Å². The summed E-state index contributed by atoms with van der Waals surface area (Å²) in [7, 11) is 0. The van der Waals surface area contributed by atoms with Gasteiger partial charge >= 0.3 is 5.97 Å². The van der Waals surface area contributed by atoms with Crippen molar-refractivity contribution in [1.82, 2.24) is 4.57 Å². The standard InChI is InChI=1S/C21H19N3O6S/c1-2-30-21(27)19-17(14-5-7-15(8-6-14)24(28)29)13-31-20(19)22-18(26)9-11-23-10-3-4-16(23)12-25/h3-8,10,12-13H,2,9,11H2,1H3,(H,22,26). The molecule has 31 heavy (non-hydrogen) atoms. The van der Waals surface area contributed by atoms with Crippen molar-refractivity contribution in [1.29, 1.82) is 0 Å². The van der Waals surface area contributed by atoms with E-state index in [1.807, 2.05) is 0 Å². The van der Waals surface area contributed by atoms with Gasteiger partial charge in [-0.05, 0) is 36.8 Å². The van der Waals surface area contributed by atoms with Crippen molar-refractivity contribution in [2.45, 2.75) is 19.9 Å². The van der Waals surface area contributed by atoms with Gasteiger partial charge < -0.3 is 14.6 Å². The Hall–Kier alpha value is -3.79. The number of nitrogens with one attached hydrogen (secondary N) is 1. The number of hydrogen-bond acceptors (Lipinski definition) is 7. The number of nitro groups is 1. The molecule has 0 aliphatic heterocycles. The van der Waals surface area contributed by atoms with E-state index in [1.54, 1.807) is 47.3 Å². The van der Waals surface area contributed by atoms with Gasteiger partial charge in [-0.3, -0.25) is 19.7 Å². The molecule has 0 unspecified atom stereocenters. The van der Waals surface area contributed by atoms with Crippen molar-refractivity contribution in [3.63, 3.8) is 0 Å². The van der Waals surface area contributed by atoms with Crippen molar-refractivity contribution in [3.05, 3.63) is 69.3 Å². The summed E-state index contributed by atoms with van der Waals surface area (Å²) >= 11 is 1.17. The highest BCUT2D eigenvalue weighted by atomic mass is 32.1. The second-order valence-corrected chi connectivity index (χ2v) is 7.30. The first-order valence-electron chi connectivity index (χ1n) is 9.38. The Morgan fingerprint density at radius 2 is 2.00 bits per heavy atom. The number of benzene rings is 1. The molecule has 2 aromatic heterocycles. The molecule has 0 radical (unpaired) electrons. The predicted octanol–water partition coefficient (Wildman–Crippen LogP) is 4.14. The maximum Gasteiger partial charge on any atom is 0.341 e. The van der Waals surface area contributed by atoms with Crippen LogP contribution in [0.3, 0.4) is 0 Å². The number of anilines is 1. The van der Waals surface area contributed by atoms with Gasteiger partial charge in [0.05, 0.1) is 17.2 Å². The average Bonchev–Trinajstić information content (AvgIpc) is 3.39. The summed E-state index contributed by atoms with van der Waals surface area (Å²) in [4.78, 5) is 46.4. The van der Waals surface area contributed by atoms with E-state index in [2.05, 4.69) is 5.32 Å². The molecule has 0 aliphatic carbocycles. The maximum atomic E-state index is 12.6. The smallest absolute Gasteiger partial charge is 0.341 e. The number of nitrogens with zero attached hydrogens (tertiary/aromatic N) is 2. The molecule has 0 bridgehead atoms. The van der Waals surface area contributed by atoms with Crippen LogP contribution >= 0.6 is 11.3 Å². The summed E-state index contributed by atoms with van der Waals surface area (Å²) in [6.07, 6.45) is 2.52. The van der Waals surface area contributed by atoms with Gasteiger partial charge in [-0.15, -0.1) is 11.3 Å². The fraction of sp³-hybridized carbons (Fsp3) is 0.190. The van der Waals surface area contributed by atoms with Gasteiger partial charge in [0.15, 0.2) is 6.29 Å². The molecule has 9 nitrogen and oxygen atoms in total. The fourth-order valence-corrected chi connectivity index (χ4v) is 3.95. The van der Waals surface area contributed by atoms with Crippen molar-refractivity contribution in [3.8, 4) is 11.1 Å². The summed E-state index contributed by atoms with van der Waals surface area (Å²) in [6, 6.07) is 9.16. The summed E-state index contributed by atoms with van der Waals surface area (Å²) in [5, 5.41) is 15.7. The van der Waals surface area contributed by atoms with Gasteiger partial charge in [-0.2, -0.15) is 0 Å². The van der Waals surface area contributed by atoms with E-state index in [-0.39, 0.29) is 30.2 Å². The van der Waals surface area contributed by atoms with Crippen molar-refractivity contribution in [2.75, 3.05) is 11.9 Å². The summed E-state index contributed by atoms with van der Waals surface area (Å²) in [5.74, 6) is -0.922. The van der Waals surface area contributed by atoms with E-state index in [4.69, 9.17) is 4.74 Å². The van der Waals surface area contributed by atoms with Crippen LogP contribution in [0.2, 0.25) is 0 Å². The van der Waals surface area contributed by atoms with Gasteiger partial charge in [0.1, 0.15) is 10.6 Å². The molecule has 0 saturated heterocycles. The van der Waals surface area contributed by atoms with Crippen molar-refractivity contribution >= 4 is 40.2 Å². The highest BCUT2D eigenvalue weighted by molar-refractivity contribution is 7.15. The Balaban J connectivity index is 1.82. The van der Waals surface area contributed by atoms with Crippen LogP contribution in [0, 0.1) is 10.1 Å². The van der Waals surface area contributed by atoms with Gasteiger partial charge in [-0.25, -0.2) is 4.79 Å². The second-order valence-electron chi connectivity index (χ2n) is 6.42. The molecule has 0 saturated carbocycles. The molecule has 10 heteroatoms. The number of nitro benzene ring substituents is 1. The van der Waals surface area contributed by atoms with E-state index in [0.29, 0.717) is 34.7 Å². The molecule has 1 aromatic carbocycles. The number of carbonyl (C=O) groups excluding carboxylic acids is 3. The summed E-state index contributed by atoms with van der Waals surface area (Å²) < 4.78 is 6.81. The van der Waals surface area contributed by atoms with Gasteiger partial charge in [0, 0.05) is 42.2 Å². The highest BCUT2D eigenvalue weighted by Crippen LogP contribution is 2.37. The number of ether oxygens (including phenoxy) is 1. The number of hydrogen-bond donors (Lipinski definition) is 1. The van der Waals surface area contributed by atoms with Crippen LogP contribution in [0.15, 0.2) is 48.0 Å². The summed E-state index contributed by atoms with van der Waals surface area (Å²) in [5.41, 5.74) is 1.71. The van der Waals surface area contributed by atoms with Crippen LogP contribution < -0.4 is 5.32 Å². The average molecular weight is 441 g/mol. The van der Waals surface area contributed by atoms with Crippen molar-refractivity contribution < 1.29 is 24.0 Å². The topological polar surface area (TPSA) is 121 Å². The third-order valence-electron chi connectivity index (χ3n) is 4.48.